The van der Waals surface area contributed by atoms with Gasteiger partial charge in [0, 0.05) is 6.42 Å². The van der Waals surface area contributed by atoms with E-state index in [0.717, 1.165) is 32.7 Å². The summed E-state index contributed by atoms with van der Waals surface area (Å²) in [4.78, 5) is 0. The zero-order chi connectivity index (χ0) is 22.0. The second kappa shape index (κ2) is 9.14. The number of aliphatic hydroxyl groups excluding tert-OH is 3. The highest BCUT2D eigenvalue weighted by molar-refractivity contribution is 5.75. The molecule has 0 aromatic heterocycles. The maximum absolute atomic E-state index is 10.5. The third-order valence-electron chi connectivity index (χ3n) is 5.89. The lowest BCUT2D eigenvalue weighted by Gasteiger charge is -2.39. The Bertz CT molecular complexity index is 1020. The molecule has 1 aliphatic heterocycles. The number of allylic oxidation sites excluding steroid dienone is 1. The number of phenolic OH excluding ortho intramolecular Hbond substituents is 1. The molecule has 2 aromatic carbocycles. The van der Waals surface area contributed by atoms with Crippen molar-refractivity contribution >= 4 is 18.2 Å². The molecule has 0 saturated carbocycles. The fraction of sp³-hybridized carbons (Fsp3) is 0.360. The molecule has 4 N–H and O–H groups in total. The van der Waals surface area contributed by atoms with Crippen LogP contribution in [0.1, 0.15) is 31.4 Å². The molecule has 0 amide bonds. The average Bonchev–Trinajstić information content (AvgIpc) is 2.72. The van der Waals surface area contributed by atoms with Gasteiger partial charge in [-0.25, -0.2) is 0 Å². The number of benzene rings is 2. The highest BCUT2D eigenvalue weighted by Crippen LogP contribution is 2.30. The van der Waals surface area contributed by atoms with Gasteiger partial charge < -0.3 is 25.2 Å². The van der Waals surface area contributed by atoms with Crippen molar-refractivity contribution in [1.29, 1.82) is 0 Å². The van der Waals surface area contributed by atoms with E-state index in [-0.39, 0.29) is 5.75 Å². The number of hydrogen-bond acceptors (Lipinski definition) is 5. The normalized spacial score (nSPS) is 28.3. The molecule has 5 nitrogen and oxygen atoms in total. The van der Waals surface area contributed by atoms with Gasteiger partial charge in [-0.1, -0.05) is 43.0 Å². The third kappa shape index (κ3) is 4.65. The Morgan fingerprint density at radius 2 is 1.70 bits per heavy atom. The molecule has 0 radical (unpaired) electrons. The van der Waals surface area contributed by atoms with E-state index in [2.05, 4.69) is 6.58 Å². The first-order valence-corrected chi connectivity index (χ1v) is 10.1. The van der Waals surface area contributed by atoms with Gasteiger partial charge in [-0.3, -0.25) is 0 Å². The fourth-order valence-electron chi connectivity index (χ4n) is 3.86. The first-order valence-electron chi connectivity index (χ1n) is 10.1. The van der Waals surface area contributed by atoms with Crippen LogP contribution in [0.25, 0.3) is 18.2 Å². The summed E-state index contributed by atoms with van der Waals surface area (Å²) >= 11 is 0. The number of aryl methyl sites for hydroxylation is 1. The van der Waals surface area contributed by atoms with Gasteiger partial charge in [0.1, 0.15) is 24.1 Å². The smallest absolute Gasteiger partial charge is 0.115 e. The average molecular weight is 411 g/mol. The van der Waals surface area contributed by atoms with Gasteiger partial charge in [-0.15, -0.1) is 0 Å². The summed E-state index contributed by atoms with van der Waals surface area (Å²) in [7, 11) is 0. The topological polar surface area (TPSA) is 90.2 Å². The summed E-state index contributed by atoms with van der Waals surface area (Å²) in [6.07, 6.45) is -2.49. The standard InChI is InChI=1S/C25H30O5/c1-14-6-5-7-15(2)21(14)12-19(16(3)18-8-10-20(26)11-9-18)13-22-24(28)25(29)23(27)17(4)30-22/h5-12,17,22-29H,1,13H2,2-4H3/b19-16-,21-12+/t17?,22?,23-,24+,25?/m1/s1. The molecule has 3 unspecified atom stereocenters. The summed E-state index contributed by atoms with van der Waals surface area (Å²) in [5, 5.41) is 42.3. The van der Waals surface area contributed by atoms with Gasteiger partial charge in [0.15, 0.2) is 0 Å². The molecule has 1 heterocycles. The van der Waals surface area contributed by atoms with Crippen molar-refractivity contribution in [2.45, 2.75) is 57.7 Å². The molecule has 0 aliphatic carbocycles. The van der Waals surface area contributed by atoms with E-state index in [1.54, 1.807) is 19.1 Å². The van der Waals surface area contributed by atoms with Crippen molar-refractivity contribution < 1.29 is 25.2 Å². The molecule has 5 atom stereocenters. The summed E-state index contributed by atoms with van der Waals surface area (Å²) in [5.41, 5.74) is 3.88. The monoisotopic (exact) mass is 410 g/mol. The van der Waals surface area contributed by atoms with Crippen molar-refractivity contribution in [2.24, 2.45) is 0 Å². The maximum atomic E-state index is 10.5. The fourth-order valence-corrected chi connectivity index (χ4v) is 3.86. The molecule has 160 valence electrons. The van der Waals surface area contributed by atoms with Crippen LogP contribution in [0.3, 0.4) is 0 Å². The van der Waals surface area contributed by atoms with Crippen LogP contribution in [0.15, 0.2) is 48.0 Å². The van der Waals surface area contributed by atoms with Gasteiger partial charge in [-0.05, 0) is 65.6 Å². The van der Waals surface area contributed by atoms with Crippen molar-refractivity contribution in [1.82, 2.24) is 0 Å². The van der Waals surface area contributed by atoms with Crippen LogP contribution >= 0.6 is 0 Å². The number of aliphatic hydroxyl groups is 3. The highest BCUT2D eigenvalue weighted by atomic mass is 16.5. The number of aromatic hydroxyl groups is 1. The van der Waals surface area contributed by atoms with E-state index < -0.39 is 30.5 Å². The Balaban J connectivity index is 2.10. The molecule has 1 aliphatic rings. The first kappa shape index (κ1) is 22.2. The van der Waals surface area contributed by atoms with E-state index in [4.69, 9.17) is 4.74 Å². The van der Waals surface area contributed by atoms with Gasteiger partial charge in [0.2, 0.25) is 0 Å². The van der Waals surface area contributed by atoms with Crippen LogP contribution in [0, 0.1) is 6.92 Å². The zero-order valence-electron chi connectivity index (χ0n) is 17.6. The largest absolute Gasteiger partial charge is 0.508 e. The molecule has 1 fully saturated rings. The Morgan fingerprint density at radius 3 is 2.33 bits per heavy atom. The number of rotatable bonds is 4. The SMILES string of the molecule is C=c1cccc(C)/c1=C/C(CC1OC(C)[C@@H](O)C(O)[C@H]1O)=C(\C)c1ccc(O)cc1. The Kier molecular flexibility index (Phi) is 6.78. The molecule has 0 spiro atoms. The minimum absolute atomic E-state index is 0.188. The molecular weight excluding hydrogens is 380 g/mol. The van der Waals surface area contributed by atoms with E-state index in [0.29, 0.717) is 6.42 Å². The van der Waals surface area contributed by atoms with Crippen LogP contribution in [-0.2, 0) is 4.74 Å². The minimum Gasteiger partial charge on any atom is -0.508 e. The lowest BCUT2D eigenvalue weighted by atomic mass is 9.89. The van der Waals surface area contributed by atoms with Gasteiger partial charge in [-0.2, -0.15) is 0 Å². The van der Waals surface area contributed by atoms with Crippen LogP contribution in [0.5, 0.6) is 5.75 Å². The minimum atomic E-state index is -1.27. The molecule has 5 heteroatoms. The summed E-state index contributed by atoms with van der Waals surface area (Å²) in [5.74, 6) is 0.188. The van der Waals surface area contributed by atoms with E-state index >= 15 is 0 Å². The zero-order valence-corrected chi connectivity index (χ0v) is 17.6. The van der Waals surface area contributed by atoms with Crippen molar-refractivity contribution in [2.75, 3.05) is 0 Å². The lowest BCUT2D eigenvalue weighted by molar-refractivity contribution is -0.216. The predicted molar refractivity (Wildman–Crippen MR) is 118 cm³/mol. The Labute approximate surface area is 176 Å². The third-order valence-corrected chi connectivity index (χ3v) is 5.89. The van der Waals surface area contributed by atoms with E-state index in [1.807, 2.05) is 50.3 Å². The van der Waals surface area contributed by atoms with Gasteiger partial charge >= 0.3 is 0 Å². The van der Waals surface area contributed by atoms with Crippen LogP contribution in [0.2, 0.25) is 0 Å². The van der Waals surface area contributed by atoms with Gasteiger partial charge in [0.05, 0.1) is 12.2 Å². The lowest BCUT2D eigenvalue weighted by Crippen LogP contribution is -2.56. The predicted octanol–water partition coefficient (Wildman–Crippen LogP) is 1.63. The number of ether oxygens (including phenoxy) is 1. The molecule has 1 saturated heterocycles. The summed E-state index contributed by atoms with van der Waals surface area (Å²) < 4.78 is 5.85. The van der Waals surface area contributed by atoms with E-state index in [1.165, 1.54) is 0 Å². The van der Waals surface area contributed by atoms with Crippen molar-refractivity contribution in [3.8, 4) is 5.75 Å². The molecule has 30 heavy (non-hydrogen) atoms. The van der Waals surface area contributed by atoms with Crippen LogP contribution < -0.4 is 10.4 Å². The second-order valence-corrected chi connectivity index (χ2v) is 8.04. The highest BCUT2D eigenvalue weighted by Gasteiger charge is 2.41. The molecule has 3 rings (SSSR count). The quantitative estimate of drug-likeness (QED) is 0.615. The molecular formula is C25H30O5. The maximum Gasteiger partial charge on any atom is 0.115 e. The van der Waals surface area contributed by atoms with Crippen LogP contribution in [-0.4, -0.2) is 50.9 Å². The van der Waals surface area contributed by atoms with E-state index in [9.17, 15) is 20.4 Å². The second-order valence-electron chi connectivity index (χ2n) is 8.04. The van der Waals surface area contributed by atoms with Crippen molar-refractivity contribution in [3.63, 3.8) is 0 Å². The first-order chi connectivity index (χ1) is 14.2. The van der Waals surface area contributed by atoms with Gasteiger partial charge in [0.25, 0.3) is 0 Å². The Morgan fingerprint density at radius 1 is 1.03 bits per heavy atom. The number of phenols is 1. The van der Waals surface area contributed by atoms with Crippen LogP contribution in [0.4, 0.5) is 0 Å². The summed E-state index contributed by atoms with van der Waals surface area (Å²) in [6, 6.07) is 12.8. The molecule has 0 bridgehead atoms. The molecule has 2 aromatic rings. The summed E-state index contributed by atoms with van der Waals surface area (Å²) in [6.45, 7) is 9.81. The van der Waals surface area contributed by atoms with Crippen molar-refractivity contribution in [3.05, 3.63) is 69.6 Å². The number of hydrogen-bond donors (Lipinski definition) is 4. The Hall–Kier alpha value is -2.44.